The molecule has 1 aliphatic rings. The van der Waals surface area contributed by atoms with E-state index in [1.807, 2.05) is 31.2 Å². The van der Waals surface area contributed by atoms with Gasteiger partial charge in [-0.3, -0.25) is 4.79 Å². The molecule has 5 heteroatoms. The molecule has 5 nitrogen and oxygen atoms in total. The van der Waals surface area contributed by atoms with E-state index >= 15 is 0 Å². The first-order valence-electron chi connectivity index (χ1n) is 6.94. The van der Waals surface area contributed by atoms with E-state index in [0.29, 0.717) is 25.5 Å². The molecule has 1 N–H and O–H groups in total. The first-order chi connectivity index (χ1) is 9.67. The number of carbonyl (C=O) groups excluding carboxylic acids is 1. The SMILES string of the molecule is CC1(C(=O)NCCc2nc3ccccc3o2)CCCO1. The van der Waals surface area contributed by atoms with Crippen LogP contribution in [0.3, 0.4) is 0 Å². The molecule has 1 atom stereocenters. The van der Waals surface area contributed by atoms with Crippen molar-refractivity contribution >= 4 is 17.0 Å². The molecule has 0 spiro atoms. The Kier molecular flexibility index (Phi) is 3.44. The number of fused-ring (bicyclic) bond motifs is 1. The maximum Gasteiger partial charge on any atom is 0.251 e. The number of rotatable bonds is 4. The Bertz CT molecular complexity index is 581. The summed E-state index contributed by atoms with van der Waals surface area (Å²) in [6, 6.07) is 7.64. The summed E-state index contributed by atoms with van der Waals surface area (Å²) >= 11 is 0. The standard InChI is InChI=1S/C15H18N2O3/c1-15(8-4-10-19-15)14(18)16-9-7-13-17-11-5-2-3-6-12(11)20-13/h2-3,5-6H,4,7-10H2,1H3,(H,16,18). The van der Waals surface area contributed by atoms with Gasteiger partial charge in [-0.05, 0) is 31.9 Å². The van der Waals surface area contributed by atoms with Crippen molar-refractivity contribution in [2.75, 3.05) is 13.2 Å². The number of ether oxygens (including phenoxy) is 1. The third-order valence-electron chi connectivity index (χ3n) is 3.66. The smallest absolute Gasteiger partial charge is 0.251 e. The summed E-state index contributed by atoms with van der Waals surface area (Å²) in [6.45, 7) is 3.01. The van der Waals surface area contributed by atoms with Crippen molar-refractivity contribution in [1.29, 1.82) is 0 Å². The average molecular weight is 274 g/mol. The maximum atomic E-state index is 12.0. The van der Waals surface area contributed by atoms with E-state index in [2.05, 4.69) is 10.3 Å². The highest BCUT2D eigenvalue weighted by atomic mass is 16.5. The van der Waals surface area contributed by atoms with Crippen molar-refractivity contribution in [2.45, 2.75) is 31.8 Å². The van der Waals surface area contributed by atoms with Crippen LogP contribution < -0.4 is 5.32 Å². The summed E-state index contributed by atoms with van der Waals surface area (Å²) in [6.07, 6.45) is 2.30. The van der Waals surface area contributed by atoms with Gasteiger partial charge in [0, 0.05) is 19.6 Å². The molecule has 1 aromatic heterocycles. The number of aromatic nitrogens is 1. The zero-order valence-corrected chi connectivity index (χ0v) is 11.5. The van der Waals surface area contributed by atoms with E-state index in [1.54, 1.807) is 0 Å². The van der Waals surface area contributed by atoms with Crippen LogP contribution in [-0.2, 0) is 16.0 Å². The lowest BCUT2D eigenvalue weighted by atomic mass is 10.0. The minimum absolute atomic E-state index is 0.0499. The highest BCUT2D eigenvalue weighted by Gasteiger charge is 2.37. The molecule has 0 bridgehead atoms. The fraction of sp³-hybridized carbons (Fsp3) is 0.467. The van der Waals surface area contributed by atoms with Crippen LogP contribution in [0.2, 0.25) is 0 Å². The molecule has 0 radical (unpaired) electrons. The first kappa shape index (κ1) is 13.1. The van der Waals surface area contributed by atoms with Gasteiger partial charge in [0.25, 0.3) is 5.91 Å². The topological polar surface area (TPSA) is 64.4 Å². The highest BCUT2D eigenvalue weighted by molar-refractivity contribution is 5.85. The number of nitrogens with one attached hydrogen (secondary N) is 1. The fourth-order valence-electron chi connectivity index (χ4n) is 2.45. The van der Waals surface area contributed by atoms with Gasteiger partial charge < -0.3 is 14.5 Å². The summed E-state index contributed by atoms with van der Waals surface area (Å²) in [7, 11) is 0. The quantitative estimate of drug-likeness (QED) is 0.926. The third kappa shape index (κ3) is 2.54. The van der Waals surface area contributed by atoms with Gasteiger partial charge in [-0.1, -0.05) is 12.1 Å². The van der Waals surface area contributed by atoms with Gasteiger partial charge in [0.2, 0.25) is 0 Å². The molecule has 2 heterocycles. The minimum Gasteiger partial charge on any atom is -0.441 e. The molecule has 106 valence electrons. The second-order valence-corrected chi connectivity index (χ2v) is 5.26. The average Bonchev–Trinajstić information content (AvgIpc) is 3.05. The molecule has 0 aliphatic carbocycles. The second kappa shape index (κ2) is 5.25. The van der Waals surface area contributed by atoms with Gasteiger partial charge >= 0.3 is 0 Å². The molecule has 1 aromatic carbocycles. The van der Waals surface area contributed by atoms with Gasteiger partial charge in [0.1, 0.15) is 11.1 Å². The Morgan fingerprint density at radius 3 is 3.05 bits per heavy atom. The molecule has 1 saturated heterocycles. The van der Waals surface area contributed by atoms with Crippen LogP contribution in [0, 0.1) is 0 Å². The zero-order valence-electron chi connectivity index (χ0n) is 11.5. The number of oxazole rings is 1. The predicted molar refractivity (Wildman–Crippen MR) is 74.3 cm³/mol. The summed E-state index contributed by atoms with van der Waals surface area (Å²) in [5.41, 5.74) is 0.959. The van der Waals surface area contributed by atoms with Crippen molar-refractivity contribution in [3.63, 3.8) is 0 Å². The van der Waals surface area contributed by atoms with E-state index in [9.17, 15) is 4.79 Å². The first-order valence-corrected chi connectivity index (χ1v) is 6.94. The lowest BCUT2D eigenvalue weighted by Gasteiger charge is -2.21. The Morgan fingerprint density at radius 2 is 2.30 bits per heavy atom. The highest BCUT2D eigenvalue weighted by Crippen LogP contribution is 2.24. The molecule has 1 unspecified atom stereocenters. The van der Waals surface area contributed by atoms with Crippen molar-refractivity contribution in [3.8, 4) is 0 Å². The molecule has 1 amide bonds. The lowest BCUT2D eigenvalue weighted by molar-refractivity contribution is -0.139. The molecule has 3 rings (SSSR count). The normalized spacial score (nSPS) is 22.2. The lowest BCUT2D eigenvalue weighted by Crippen LogP contribution is -2.44. The molecule has 0 saturated carbocycles. The minimum atomic E-state index is -0.665. The molecular formula is C15H18N2O3. The number of nitrogens with zero attached hydrogens (tertiary/aromatic N) is 1. The van der Waals surface area contributed by atoms with E-state index in [1.165, 1.54) is 0 Å². The van der Waals surface area contributed by atoms with Crippen molar-refractivity contribution in [2.24, 2.45) is 0 Å². The number of hydrogen-bond donors (Lipinski definition) is 1. The summed E-state index contributed by atoms with van der Waals surface area (Å²) in [5, 5.41) is 2.89. The Morgan fingerprint density at radius 1 is 1.45 bits per heavy atom. The molecule has 1 fully saturated rings. The van der Waals surface area contributed by atoms with Crippen molar-refractivity contribution in [1.82, 2.24) is 10.3 Å². The number of para-hydroxylation sites is 2. The van der Waals surface area contributed by atoms with Crippen molar-refractivity contribution in [3.05, 3.63) is 30.2 Å². The second-order valence-electron chi connectivity index (χ2n) is 5.26. The number of carbonyl (C=O) groups is 1. The predicted octanol–water partition coefficient (Wildman–Crippen LogP) is 2.06. The van der Waals surface area contributed by atoms with E-state index in [-0.39, 0.29) is 5.91 Å². The molecule has 1 aliphatic heterocycles. The monoisotopic (exact) mass is 274 g/mol. The van der Waals surface area contributed by atoms with E-state index in [0.717, 1.165) is 23.9 Å². The number of benzene rings is 1. The summed E-state index contributed by atoms with van der Waals surface area (Å²) in [4.78, 5) is 16.4. The number of amides is 1. The van der Waals surface area contributed by atoms with Crippen LogP contribution in [0.15, 0.2) is 28.7 Å². The van der Waals surface area contributed by atoms with Gasteiger partial charge in [-0.2, -0.15) is 0 Å². The largest absolute Gasteiger partial charge is 0.441 e. The Labute approximate surface area is 117 Å². The van der Waals surface area contributed by atoms with Crippen molar-refractivity contribution < 1.29 is 13.9 Å². The number of hydrogen-bond acceptors (Lipinski definition) is 4. The Balaban J connectivity index is 1.56. The summed E-state index contributed by atoms with van der Waals surface area (Å²) in [5.74, 6) is 0.593. The van der Waals surface area contributed by atoms with E-state index in [4.69, 9.17) is 9.15 Å². The van der Waals surface area contributed by atoms with Gasteiger partial charge in [0.05, 0.1) is 0 Å². The maximum absolute atomic E-state index is 12.0. The zero-order chi connectivity index (χ0) is 14.0. The fourth-order valence-corrected chi connectivity index (χ4v) is 2.45. The van der Waals surface area contributed by atoms with Crippen LogP contribution in [0.5, 0.6) is 0 Å². The van der Waals surface area contributed by atoms with E-state index < -0.39 is 5.60 Å². The Hall–Kier alpha value is -1.88. The van der Waals surface area contributed by atoms with Gasteiger partial charge in [-0.25, -0.2) is 4.98 Å². The molecule has 2 aromatic rings. The van der Waals surface area contributed by atoms with Crippen LogP contribution in [0.1, 0.15) is 25.7 Å². The van der Waals surface area contributed by atoms with Crippen LogP contribution in [0.25, 0.3) is 11.1 Å². The third-order valence-corrected chi connectivity index (χ3v) is 3.66. The molecule has 20 heavy (non-hydrogen) atoms. The summed E-state index contributed by atoms with van der Waals surface area (Å²) < 4.78 is 11.1. The van der Waals surface area contributed by atoms with Gasteiger partial charge in [0.15, 0.2) is 11.5 Å². The molecular weight excluding hydrogens is 256 g/mol. The van der Waals surface area contributed by atoms with Gasteiger partial charge in [-0.15, -0.1) is 0 Å². The van der Waals surface area contributed by atoms with Crippen LogP contribution in [0.4, 0.5) is 0 Å². The van der Waals surface area contributed by atoms with Crippen LogP contribution in [-0.4, -0.2) is 29.6 Å². The van der Waals surface area contributed by atoms with Crippen LogP contribution >= 0.6 is 0 Å².